The Morgan fingerprint density at radius 1 is 0.931 bits per heavy atom. The second kappa shape index (κ2) is 7.99. The summed E-state index contributed by atoms with van der Waals surface area (Å²) in [6.07, 6.45) is 15.4. The van der Waals surface area contributed by atoms with Crippen LogP contribution in [0, 0.1) is 46.3 Å². The standard InChI is InChI=1S/C27H47ClO/c1-18(2)9-8-10-19(3)27(28)16-13-22-24-21(12-15-26(22,27)5)25(4)14-7-6-11-20(25)17-23(24)29/h18-24,29H,6-17H2,1-5H3/t19-,20?,21+,22+,23-,24-,25+,26+,27+/m1/s1. The fourth-order valence-corrected chi connectivity index (χ4v) is 9.60. The van der Waals surface area contributed by atoms with Crippen molar-refractivity contribution >= 4 is 11.6 Å². The maximum absolute atomic E-state index is 11.4. The number of halogens is 1. The Hall–Kier alpha value is 0.250. The van der Waals surface area contributed by atoms with Gasteiger partial charge in [0.15, 0.2) is 0 Å². The summed E-state index contributed by atoms with van der Waals surface area (Å²) >= 11 is 7.62. The Kier molecular flexibility index (Phi) is 6.18. The number of hydrogen-bond donors (Lipinski definition) is 1. The lowest BCUT2D eigenvalue weighted by molar-refractivity contribution is -0.162. The van der Waals surface area contributed by atoms with E-state index in [1.807, 2.05) is 0 Å². The van der Waals surface area contributed by atoms with Crippen LogP contribution in [-0.2, 0) is 0 Å². The summed E-state index contributed by atoms with van der Waals surface area (Å²) in [5, 5.41) is 11.4. The molecule has 168 valence electrons. The number of hydrogen-bond acceptors (Lipinski definition) is 1. The number of aliphatic hydroxyl groups is 1. The SMILES string of the molecule is CC(C)CCC[C@@H](C)[C@@]1(Cl)CC[C@H]2[C@@H]3[C@H](O)CC4CCCC[C@]4(C)[C@H]3CC[C@@]21C. The monoisotopic (exact) mass is 422 g/mol. The molecular weight excluding hydrogens is 376 g/mol. The highest BCUT2D eigenvalue weighted by Crippen LogP contribution is 2.70. The lowest BCUT2D eigenvalue weighted by atomic mass is 9.44. The Morgan fingerprint density at radius 2 is 1.66 bits per heavy atom. The second-order valence-electron chi connectivity index (χ2n) is 12.6. The molecular formula is C27H47ClO. The number of rotatable bonds is 5. The third-order valence-corrected chi connectivity index (χ3v) is 12.0. The summed E-state index contributed by atoms with van der Waals surface area (Å²) in [6, 6.07) is 0. The molecule has 4 rings (SSSR count). The minimum absolute atomic E-state index is 0.0658. The molecule has 4 fully saturated rings. The van der Waals surface area contributed by atoms with Crippen LogP contribution in [0.2, 0.25) is 0 Å². The summed E-state index contributed by atoms with van der Waals surface area (Å²) < 4.78 is 0. The van der Waals surface area contributed by atoms with Crippen molar-refractivity contribution in [3.05, 3.63) is 0 Å². The molecule has 2 heteroatoms. The van der Waals surface area contributed by atoms with Crippen molar-refractivity contribution in [3.8, 4) is 0 Å². The lowest BCUT2D eigenvalue weighted by Gasteiger charge is -2.63. The highest BCUT2D eigenvalue weighted by atomic mass is 35.5. The molecule has 4 aliphatic rings. The Bertz CT molecular complexity index is 589. The van der Waals surface area contributed by atoms with Crippen LogP contribution in [-0.4, -0.2) is 16.1 Å². The minimum Gasteiger partial charge on any atom is -0.393 e. The van der Waals surface area contributed by atoms with E-state index in [9.17, 15) is 5.11 Å². The molecule has 0 amide bonds. The van der Waals surface area contributed by atoms with Crippen LogP contribution in [0.4, 0.5) is 0 Å². The third-order valence-electron chi connectivity index (χ3n) is 11.0. The van der Waals surface area contributed by atoms with E-state index < -0.39 is 0 Å². The predicted octanol–water partition coefficient (Wildman–Crippen LogP) is 7.83. The zero-order valence-corrected chi connectivity index (χ0v) is 20.6. The fraction of sp³-hybridized carbons (Fsp3) is 1.00. The van der Waals surface area contributed by atoms with Crippen molar-refractivity contribution < 1.29 is 5.11 Å². The van der Waals surface area contributed by atoms with E-state index in [0.717, 1.165) is 30.6 Å². The molecule has 0 aromatic rings. The summed E-state index contributed by atoms with van der Waals surface area (Å²) in [7, 11) is 0. The van der Waals surface area contributed by atoms with Gasteiger partial charge in [-0.3, -0.25) is 0 Å². The molecule has 1 unspecified atom stereocenters. The van der Waals surface area contributed by atoms with Crippen LogP contribution in [0.5, 0.6) is 0 Å². The van der Waals surface area contributed by atoms with E-state index in [1.165, 1.54) is 64.2 Å². The zero-order chi connectivity index (χ0) is 21.0. The molecule has 0 spiro atoms. The van der Waals surface area contributed by atoms with E-state index in [0.29, 0.717) is 23.2 Å². The molecule has 4 aliphatic carbocycles. The normalized spacial score (nSPS) is 50.7. The highest BCUT2D eigenvalue weighted by Gasteiger charge is 2.66. The van der Waals surface area contributed by atoms with E-state index in [2.05, 4.69) is 34.6 Å². The highest BCUT2D eigenvalue weighted by molar-refractivity contribution is 6.25. The molecule has 0 heterocycles. The van der Waals surface area contributed by atoms with Crippen LogP contribution in [0.25, 0.3) is 0 Å². The van der Waals surface area contributed by atoms with Gasteiger partial charge < -0.3 is 5.11 Å². The molecule has 0 aliphatic heterocycles. The molecule has 0 bridgehead atoms. The molecule has 1 nitrogen and oxygen atoms in total. The van der Waals surface area contributed by atoms with Crippen molar-refractivity contribution in [1.29, 1.82) is 0 Å². The summed E-state index contributed by atoms with van der Waals surface area (Å²) in [6.45, 7) is 12.2. The summed E-state index contributed by atoms with van der Waals surface area (Å²) in [4.78, 5) is -0.0658. The molecule has 9 atom stereocenters. The first kappa shape index (κ1) is 22.4. The van der Waals surface area contributed by atoms with E-state index >= 15 is 0 Å². The van der Waals surface area contributed by atoms with Crippen LogP contribution in [0.1, 0.15) is 112 Å². The van der Waals surface area contributed by atoms with Gasteiger partial charge >= 0.3 is 0 Å². The molecule has 29 heavy (non-hydrogen) atoms. The zero-order valence-electron chi connectivity index (χ0n) is 19.9. The number of fused-ring (bicyclic) bond motifs is 5. The van der Waals surface area contributed by atoms with Gasteiger partial charge in [-0.05, 0) is 97.7 Å². The summed E-state index contributed by atoms with van der Waals surface area (Å²) in [5.41, 5.74) is 0.676. The van der Waals surface area contributed by atoms with Gasteiger partial charge in [0.1, 0.15) is 0 Å². The Morgan fingerprint density at radius 3 is 2.38 bits per heavy atom. The Balaban J connectivity index is 1.56. The Labute approximate surface area is 185 Å². The third kappa shape index (κ3) is 3.44. The quantitative estimate of drug-likeness (QED) is 0.447. The average molecular weight is 423 g/mol. The van der Waals surface area contributed by atoms with Gasteiger partial charge in [-0.2, -0.15) is 0 Å². The molecule has 4 saturated carbocycles. The first-order valence-corrected chi connectivity index (χ1v) is 13.4. The van der Waals surface area contributed by atoms with Crippen LogP contribution in [0.15, 0.2) is 0 Å². The van der Waals surface area contributed by atoms with Crippen LogP contribution >= 0.6 is 11.6 Å². The van der Waals surface area contributed by atoms with Crippen molar-refractivity contribution in [2.75, 3.05) is 0 Å². The predicted molar refractivity (Wildman–Crippen MR) is 124 cm³/mol. The first-order valence-electron chi connectivity index (χ1n) is 13.0. The van der Waals surface area contributed by atoms with Gasteiger partial charge in [-0.1, -0.05) is 60.3 Å². The van der Waals surface area contributed by atoms with Gasteiger partial charge in [0.2, 0.25) is 0 Å². The minimum atomic E-state index is -0.0870. The second-order valence-corrected chi connectivity index (χ2v) is 13.3. The van der Waals surface area contributed by atoms with Crippen LogP contribution in [0.3, 0.4) is 0 Å². The topological polar surface area (TPSA) is 20.2 Å². The maximum atomic E-state index is 11.4. The number of alkyl halides is 1. The molecule has 0 saturated heterocycles. The van der Waals surface area contributed by atoms with Gasteiger partial charge in [0.25, 0.3) is 0 Å². The number of aliphatic hydroxyl groups excluding tert-OH is 1. The molecule has 0 aromatic carbocycles. The van der Waals surface area contributed by atoms with Crippen molar-refractivity contribution in [2.45, 2.75) is 123 Å². The molecule has 1 N–H and O–H groups in total. The fourth-order valence-electron chi connectivity index (χ4n) is 9.15. The largest absolute Gasteiger partial charge is 0.393 e. The smallest absolute Gasteiger partial charge is 0.0577 e. The molecule has 0 aromatic heterocycles. The van der Waals surface area contributed by atoms with Gasteiger partial charge in [-0.25, -0.2) is 0 Å². The van der Waals surface area contributed by atoms with Crippen molar-refractivity contribution in [2.24, 2.45) is 46.3 Å². The lowest BCUT2D eigenvalue weighted by Crippen LogP contribution is -2.59. The average Bonchev–Trinajstić information content (AvgIpc) is 2.94. The van der Waals surface area contributed by atoms with Gasteiger partial charge in [0.05, 0.1) is 11.0 Å². The van der Waals surface area contributed by atoms with Crippen LogP contribution < -0.4 is 0 Å². The van der Waals surface area contributed by atoms with Crippen molar-refractivity contribution in [1.82, 2.24) is 0 Å². The van der Waals surface area contributed by atoms with Crippen molar-refractivity contribution in [3.63, 3.8) is 0 Å². The maximum Gasteiger partial charge on any atom is 0.0577 e. The van der Waals surface area contributed by atoms with E-state index in [1.54, 1.807) is 0 Å². The van der Waals surface area contributed by atoms with E-state index in [4.69, 9.17) is 11.6 Å². The first-order chi connectivity index (χ1) is 13.6. The van der Waals surface area contributed by atoms with E-state index in [-0.39, 0.29) is 16.4 Å². The summed E-state index contributed by atoms with van der Waals surface area (Å²) in [5.74, 6) is 3.97. The van der Waals surface area contributed by atoms with Gasteiger partial charge in [-0.15, -0.1) is 11.6 Å². The van der Waals surface area contributed by atoms with Gasteiger partial charge in [0, 0.05) is 0 Å². The molecule has 0 radical (unpaired) electrons.